The Morgan fingerprint density at radius 3 is 2.82 bits per heavy atom. The predicted octanol–water partition coefficient (Wildman–Crippen LogP) is 4.67. The van der Waals surface area contributed by atoms with E-state index in [-0.39, 0.29) is 5.56 Å². The Morgan fingerprint density at radius 2 is 2.11 bits per heavy atom. The third kappa shape index (κ3) is 3.51. The summed E-state index contributed by atoms with van der Waals surface area (Å²) in [6.07, 6.45) is 1.56. The minimum Gasteiger partial charge on any atom is -0.459 e. The summed E-state index contributed by atoms with van der Waals surface area (Å²) in [5, 5.41) is 9.48. The summed E-state index contributed by atoms with van der Waals surface area (Å²) < 4.78 is 12.7. The molecule has 7 nitrogen and oxygen atoms in total. The van der Waals surface area contributed by atoms with Crippen molar-refractivity contribution in [2.45, 2.75) is 45.1 Å². The van der Waals surface area contributed by atoms with Crippen LogP contribution in [-0.4, -0.2) is 19.7 Å². The van der Waals surface area contributed by atoms with Crippen LogP contribution < -0.4 is 5.56 Å². The molecule has 0 N–H and O–H groups in total. The molecule has 0 aliphatic heterocycles. The maximum Gasteiger partial charge on any atom is 0.283 e. The van der Waals surface area contributed by atoms with Crippen molar-refractivity contribution in [1.82, 2.24) is 19.7 Å². The van der Waals surface area contributed by atoms with E-state index in [1.54, 1.807) is 34.3 Å². The predicted molar refractivity (Wildman–Crippen MR) is 110 cm³/mol. The number of nitrogens with zero attached hydrogens (tertiary/aromatic N) is 4. The highest BCUT2D eigenvalue weighted by Gasteiger charge is 2.19. The van der Waals surface area contributed by atoms with E-state index >= 15 is 0 Å². The van der Waals surface area contributed by atoms with Crippen molar-refractivity contribution in [2.24, 2.45) is 5.92 Å². The summed E-state index contributed by atoms with van der Waals surface area (Å²) >= 11 is 2.99. The van der Waals surface area contributed by atoms with E-state index in [9.17, 15) is 4.79 Å². The topological polar surface area (TPSA) is 86.9 Å². The van der Waals surface area contributed by atoms with Crippen LogP contribution in [0.3, 0.4) is 0 Å². The third-order valence-corrected chi connectivity index (χ3v) is 6.39. The fraction of sp³-hybridized carbons (Fsp3) is 0.368. The fourth-order valence-electron chi connectivity index (χ4n) is 2.88. The van der Waals surface area contributed by atoms with Crippen molar-refractivity contribution in [2.75, 3.05) is 0 Å². The van der Waals surface area contributed by atoms with Crippen LogP contribution in [0.25, 0.3) is 21.9 Å². The highest BCUT2D eigenvalue weighted by Crippen LogP contribution is 2.30. The molecule has 4 heterocycles. The number of thiophene rings is 1. The second kappa shape index (κ2) is 7.56. The monoisotopic (exact) mass is 416 g/mol. The van der Waals surface area contributed by atoms with E-state index in [1.165, 1.54) is 11.8 Å². The molecule has 0 saturated carbocycles. The van der Waals surface area contributed by atoms with Crippen LogP contribution >= 0.6 is 23.1 Å². The second-order valence-electron chi connectivity index (χ2n) is 6.93. The van der Waals surface area contributed by atoms with Crippen molar-refractivity contribution < 1.29 is 8.83 Å². The molecule has 0 unspecified atom stereocenters. The number of thioether (sulfide) groups is 1. The van der Waals surface area contributed by atoms with E-state index < -0.39 is 0 Å². The highest BCUT2D eigenvalue weighted by atomic mass is 32.2. The Hall–Kier alpha value is -2.39. The van der Waals surface area contributed by atoms with Gasteiger partial charge in [0.1, 0.15) is 4.83 Å². The van der Waals surface area contributed by atoms with Gasteiger partial charge in [-0.1, -0.05) is 25.6 Å². The van der Waals surface area contributed by atoms with Gasteiger partial charge in [-0.2, -0.15) is 0 Å². The van der Waals surface area contributed by atoms with Gasteiger partial charge in [-0.25, -0.2) is 4.98 Å². The third-order valence-electron chi connectivity index (χ3n) is 4.33. The average molecular weight is 417 g/mol. The molecule has 0 radical (unpaired) electrons. The van der Waals surface area contributed by atoms with Crippen LogP contribution in [0.2, 0.25) is 0 Å². The zero-order chi connectivity index (χ0) is 19.8. The molecule has 0 amide bonds. The summed E-state index contributed by atoms with van der Waals surface area (Å²) in [5.74, 6) is 2.08. The average Bonchev–Trinajstić information content (AvgIpc) is 3.37. The zero-order valence-electron chi connectivity index (χ0n) is 16.1. The molecule has 9 heteroatoms. The molecular formula is C19H20N4O3S2. The van der Waals surface area contributed by atoms with Gasteiger partial charge in [-0.3, -0.25) is 9.36 Å². The molecule has 4 aromatic heterocycles. The molecule has 28 heavy (non-hydrogen) atoms. The summed E-state index contributed by atoms with van der Waals surface area (Å²) in [4.78, 5) is 19.8. The van der Waals surface area contributed by atoms with Gasteiger partial charge in [0.2, 0.25) is 5.89 Å². The number of rotatable bonds is 6. The molecule has 0 aliphatic carbocycles. The van der Waals surface area contributed by atoms with E-state index in [0.29, 0.717) is 40.9 Å². The largest absolute Gasteiger partial charge is 0.459 e. The molecule has 0 fully saturated rings. The highest BCUT2D eigenvalue weighted by molar-refractivity contribution is 7.98. The van der Waals surface area contributed by atoms with Crippen LogP contribution in [0.4, 0.5) is 0 Å². The van der Waals surface area contributed by atoms with E-state index in [4.69, 9.17) is 13.8 Å². The Bertz CT molecular complexity index is 1170. The lowest BCUT2D eigenvalue weighted by Crippen LogP contribution is -2.25. The Kier molecular flexibility index (Phi) is 5.11. The molecular weight excluding hydrogens is 396 g/mol. The summed E-state index contributed by atoms with van der Waals surface area (Å²) in [5.41, 5.74) is 1.04. The first-order valence-electron chi connectivity index (χ1n) is 8.93. The maximum atomic E-state index is 13.1. The number of aromatic nitrogens is 4. The van der Waals surface area contributed by atoms with Crippen molar-refractivity contribution >= 4 is 33.3 Å². The molecule has 0 aromatic carbocycles. The number of furan rings is 1. The van der Waals surface area contributed by atoms with Crippen molar-refractivity contribution in [3.05, 3.63) is 45.1 Å². The first-order chi connectivity index (χ1) is 13.4. The lowest BCUT2D eigenvalue weighted by Gasteiger charge is -2.13. The van der Waals surface area contributed by atoms with Crippen LogP contribution in [-0.2, 0) is 12.3 Å². The van der Waals surface area contributed by atoms with E-state index in [2.05, 4.69) is 24.0 Å². The Labute approximate surface area is 169 Å². The maximum absolute atomic E-state index is 13.1. The van der Waals surface area contributed by atoms with Crippen LogP contribution in [0.15, 0.2) is 37.2 Å². The first kappa shape index (κ1) is 18.9. The lowest BCUT2D eigenvalue weighted by atomic mass is 10.2. The van der Waals surface area contributed by atoms with Crippen molar-refractivity contribution in [3.8, 4) is 11.7 Å². The van der Waals surface area contributed by atoms with Crippen LogP contribution in [0.1, 0.15) is 30.2 Å². The fourth-order valence-corrected chi connectivity index (χ4v) is 4.80. The minimum atomic E-state index is 0.0184. The van der Waals surface area contributed by atoms with E-state index in [0.717, 1.165) is 20.7 Å². The number of hydrogen-bond acceptors (Lipinski definition) is 8. The summed E-state index contributed by atoms with van der Waals surface area (Å²) in [6, 6.07) is 3.53. The van der Waals surface area contributed by atoms with Gasteiger partial charge in [0.15, 0.2) is 10.9 Å². The first-order valence-corrected chi connectivity index (χ1v) is 10.7. The Balaban J connectivity index is 1.66. The van der Waals surface area contributed by atoms with Gasteiger partial charge in [0.05, 0.1) is 17.4 Å². The van der Waals surface area contributed by atoms with Crippen molar-refractivity contribution in [1.29, 1.82) is 0 Å². The van der Waals surface area contributed by atoms with Gasteiger partial charge in [-0.05, 0) is 37.5 Å². The standard InChI is InChI=1S/C19H20N4O3S2/c1-10(2)8-23-18(24)15-11(3)12(4)28-17(15)20-19(23)27-9-14-21-22-16(26-14)13-6-5-7-25-13/h5-7,10H,8-9H2,1-4H3. The Morgan fingerprint density at radius 1 is 1.29 bits per heavy atom. The summed E-state index contributed by atoms with van der Waals surface area (Å²) in [6.45, 7) is 8.79. The molecule has 0 saturated heterocycles. The smallest absolute Gasteiger partial charge is 0.283 e. The quantitative estimate of drug-likeness (QED) is 0.333. The van der Waals surface area contributed by atoms with Gasteiger partial charge < -0.3 is 8.83 Å². The number of aryl methyl sites for hydroxylation is 2. The molecule has 0 spiro atoms. The number of hydrogen-bond donors (Lipinski definition) is 0. The van der Waals surface area contributed by atoms with Gasteiger partial charge in [0, 0.05) is 11.4 Å². The second-order valence-corrected chi connectivity index (χ2v) is 9.08. The summed E-state index contributed by atoms with van der Waals surface area (Å²) in [7, 11) is 0. The van der Waals surface area contributed by atoms with Crippen LogP contribution in [0.5, 0.6) is 0 Å². The van der Waals surface area contributed by atoms with Crippen LogP contribution in [0, 0.1) is 19.8 Å². The molecule has 0 bridgehead atoms. The lowest BCUT2D eigenvalue weighted by molar-refractivity contribution is 0.474. The molecule has 4 aromatic rings. The van der Waals surface area contributed by atoms with Crippen molar-refractivity contribution in [3.63, 3.8) is 0 Å². The molecule has 4 rings (SSSR count). The molecule has 0 aliphatic rings. The minimum absolute atomic E-state index is 0.0184. The van der Waals surface area contributed by atoms with Gasteiger partial charge in [0.25, 0.3) is 11.4 Å². The number of fused-ring (bicyclic) bond motifs is 1. The molecule has 0 atom stereocenters. The normalized spacial score (nSPS) is 11.8. The van der Waals surface area contributed by atoms with Gasteiger partial charge >= 0.3 is 0 Å². The zero-order valence-corrected chi connectivity index (χ0v) is 17.7. The van der Waals surface area contributed by atoms with E-state index in [1.807, 2.05) is 13.8 Å². The van der Waals surface area contributed by atoms with Gasteiger partial charge in [-0.15, -0.1) is 21.5 Å². The SMILES string of the molecule is Cc1sc2nc(SCc3nnc(-c4ccco4)o3)n(CC(C)C)c(=O)c2c1C. The molecule has 146 valence electrons.